The Kier molecular flexibility index (Phi) is 3.55. The standard InChI is InChI=1S/C14H16BrN3O/c1-16-14-11(15)12(9-5-2-3-6-9)17-13(18-14)10-7-4-8-19-10/h4,7-9H,2-3,5-6H2,1H3,(H,16,17,18). The molecule has 0 saturated heterocycles. The van der Waals surface area contributed by atoms with Crippen molar-refractivity contribution in [1.29, 1.82) is 0 Å². The van der Waals surface area contributed by atoms with Gasteiger partial charge in [0.25, 0.3) is 0 Å². The molecule has 0 bridgehead atoms. The predicted molar refractivity (Wildman–Crippen MR) is 78.2 cm³/mol. The van der Waals surface area contributed by atoms with Crippen molar-refractivity contribution in [1.82, 2.24) is 9.97 Å². The van der Waals surface area contributed by atoms with Crippen LogP contribution in [0.5, 0.6) is 0 Å². The van der Waals surface area contributed by atoms with Gasteiger partial charge in [0.1, 0.15) is 5.82 Å². The highest BCUT2D eigenvalue weighted by Crippen LogP contribution is 2.39. The van der Waals surface area contributed by atoms with Crippen molar-refractivity contribution >= 4 is 21.7 Å². The van der Waals surface area contributed by atoms with Crippen molar-refractivity contribution in [3.05, 3.63) is 28.6 Å². The fourth-order valence-corrected chi connectivity index (χ4v) is 3.32. The minimum Gasteiger partial charge on any atom is -0.461 e. The Morgan fingerprint density at radius 2 is 2.11 bits per heavy atom. The number of hydrogen-bond acceptors (Lipinski definition) is 4. The molecule has 2 aromatic heterocycles. The van der Waals surface area contributed by atoms with Crippen LogP contribution < -0.4 is 5.32 Å². The first-order valence-corrected chi connectivity index (χ1v) is 7.38. The largest absolute Gasteiger partial charge is 0.461 e. The third-order valence-electron chi connectivity index (χ3n) is 3.60. The first kappa shape index (κ1) is 12.7. The fraction of sp³-hybridized carbons (Fsp3) is 0.429. The topological polar surface area (TPSA) is 51.0 Å². The summed E-state index contributed by atoms with van der Waals surface area (Å²) in [5.41, 5.74) is 1.10. The van der Waals surface area contributed by atoms with E-state index >= 15 is 0 Å². The first-order chi connectivity index (χ1) is 9.29. The average Bonchev–Trinajstić information content (AvgIpc) is 3.12. The van der Waals surface area contributed by atoms with Gasteiger partial charge >= 0.3 is 0 Å². The van der Waals surface area contributed by atoms with Crippen LogP contribution in [-0.2, 0) is 0 Å². The molecule has 2 aromatic rings. The SMILES string of the molecule is CNc1nc(-c2ccco2)nc(C2CCCC2)c1Br. The van der Waals surface area contributed by atoms with Gasteiger partial charge in [-0.25, -0.2) is 9.97 Å². The van der Waals surface area contributed by atoms with Crippen molar-refractivity contribution in [2.24, 2.45) is 0 Å². The Morgan fingerprint density at radius 3 is 2.74 bits per heavy atom. The van der Waals surface area contributed by atoms with Gasteiger partial charge in [-0.1, -0.05) is 12.8 Å². The van der Waals surface area contributed by atoms with Gasteiger partial charge < -0.3 is 9.73 Å². The minimum absolute atomic E-state index is 0.526. The second-order valence-electron chi connectivity index (χ2n) is 4.80. The summed E-state index contributed by atoms with van der Waals surface area (Å²) >= 11 is 3.63. The molecule has 2 heterocycles. The predicted octanol–water partition coefficient (Wildman–Crippen LogP) is 4.20. The normalized spacial score (nSPS) is 15.9. The van der Waals surface area contributed by atoms with Gasteiger partial charge in [0.15, 0.2) is 11.6 Å². The van der Waals surface area contributed by atoms with E-state index in [4.69, 9.17) is 9.40 Å². The van der Waals surface area contributed by atoms with E-state index in [2.05, 4.69) is 26.2 Å². The lowest BCUT2D eigenvalue weighted by atomic mass is 10.0. The summed E-state index contributed by atoms with van der Waals surface area (Å²) in [4.78, 5) is 9.22. The number of hydrogen-bond donors (Lipinski definition) is 1. The van der Waals surface area contributed by atoms with Crippen LogP contribution in [0.4, 0.5) is 5.82 Å². The van der Waals surface area contributed by atoms with Crippen LogP contribution in [0.2, 0.25) is 0 Å². The lowest BCUT2D eigenvalue weighted by molar-refractivity contribution is 0.575. The molecule has 0 spiro atoms. The smallest absolute Gasteiger partial charge is 0.197 e. The van der Waals surface area contributed by atoms with Crippen LogP contribution in [0, 0.1) is 0 Å². The van der Waals surface area contributed by atoms with Gasteiger partial charge in [0.05, 0.1) is 16.4 Å². The van der Waals surface area contributed by atoms with Crippen molar-refractivity contribution in [2.45, 2.75) is 31.6 Å². The molecule has 1 N–H and O–H groups in total. The quantitative estimate of drug-likeness (QED) is 0.920. The molecule has 3 rings (SSSR count). The summed E-state index contributed by atoms with van der Waals surface area (Å²) in [5.74, 6) is 2.71. The van der Waals surface area contributed by atoms with Gasteiger partial charge in [0, 0.05) is 13.0 Å². The zero-order chi connectivity index (χ0) is 13.2. The molecule has 0 aromatic carbocycles. The zero-order valence-electron chi connectivity index (χ0n) is 10.8. The Bertz CT molecular complexity index is 562. The Balaban J connectivity index is 2.09. The molecule has 0 atom stereocenters. The van der Waals surface area contributed by atoms with E-state index in [9.17, 15) is 0 Å². The second kappa shape index (κ2) is 5.33. The van der Waals surface area contributed by atoms with E-state index in [0.29, 0.717) is 17.5 Å². The fourth-order valence-electron chi connectivity index (χ4n) is 2.62. The lowest BCUT2D eigenvalue weighted by Gasteiger charge is -2.14. The Hall–Kier alpha value is -1.36. The molecule has 0 amide bonds. The number of halogens is 1. The highest BCUT2D eigenvalue weighted by molar-refractivity contribution is 9.10. The molecule has 0 aliphatic heterocycles. The van der Waals surface area contributed by atoms with Crippen LogP contribution in [-0.4, -0.2) is 17.0 Å². The van der Waals surface area contributed by atoms with E-state index in [1.165, 1.54) is 25.7 Å². The van der Waals surface area contributed by atoms with Crippen LogP contribution in [0.25, 0.3) is 11.6 Å². The molecule has 0 unspecified atom stereocenters. The van der Waals surface area contributed by atoms with Gasteiger partial charge in [-0.15, -0.1) is 0 Å². The Labute approximate surface area is 120 Å². The van der Waals surface area contributed by atoms with Crippen LogP contribution in [0.3, 0.4) is 0 Å². The minimum atomic E-state index is 0.526. The number of aromatic nitrogens is 2. The first-order valence-electron chi connectivity index (χ1n) is 6.58. The molecule has 100 valence electrons. The zero-order valence-corrected chi connectivity index (χ0v) is 12.4. The van der Waals surface area contributed by atoms with E-state index in [-0.39, 0.29) is 0 Å². The Morgan fingerprint density at radius 1 is 1.32 bits per heavy atom. The van der Waals surface area contributed by atoms with Crippen LogP contribution in [0.15, 0.2) is 27.3 Å². The molecule has 1 aliphatic carbocycles. The van der Waals surface area contributed by atoms with E-state index in [1.54, 1.807) is 6.26 Å². The summed E-state index contributed by atoms with van der Waals surface area (Å²) in [6.07, 6.45) is 6.62. The summed E-state index contributed by atoms with van der Waals surface area (Å²) < 4.78 is 6.39. The number of furan rings is 1. The molecule has 1 saturated carbocycles. The average molecular weight is 322 g/mol. The number of nitrogens with one attached hydrogen (secondary N) is 1. The van der Waals surface area contributed by atoms with Crippen molar-refractivity contribution in [2.75, 3.05) is 12.4 Å². The lowest BCUT2D eigenvalue weighted by Crippen LogP contribution is -2.05. The van der Waals surface area contributed by atoms with Crippen LogP contribution in [0.1, 0.15) is 37.3 Å². The number of nitrogens with zero attached hydrogens (tertiary/aromatic N) is 2. The summed E-state index contributed by atoms with van der Waals surface area (Å²) in [5, 5.41) is 3.12. The molecule has 1 fully saturated rings. The number of anilines is 1. The maximum atomic E-state index is 5.41. The molecule has 19 heavy (non-hydrogen) atoms. The highest BCUT2D eigenvalue weighted by Gasteiger charge is 2.24. The summed E-state index contributed by atoms with van der Waals surface area (Å²) in [6.45, 7) is 0. The van der Waals surface area contributed by atoms with Gasteiger partial charge in [-0.2, -0.15) is 0 Å². The van der Waals surface area contributed by atoms with E-state index in [1.807, 2.05) is 19.2 Å². The second-order valence-corrected chi connectivity index (χ2v) is 5.60. The summed E-state index contributed by atoms with van der Waals surface area (Å²) in [7, 11) is 1.87. The van der Waals surface area contributed by atoms with E-state index < -0.39 is 0 Å². The molecule has 0 radical (unpaired) electrons. The molecular formula is C14H16BrN3O. The van der Waals surface area contributed by atoms with Crippen LogP contribution >= 0.6 is 15.9 Å². The van der Waals surface area contributed by atoms with Crippen molar-refractivity contribution in [3.63, 3.8) is 0 Å². The number of rotatable bonds is 3. The molecule has 5 heteroatoms. The van der Waals surface area contributed by atoms with E-state index in [0.717, 1.165) is 16.0 Å². The third kappa shape index (κ3) is 2.39. The molecule has 4 nitrogen and oxygen atoms in total. The third-order valence-corrected chi connectivity index (χ3v) is 4.38. The molecule has 1 aliphatic rings. The highest BCUT2D eigenvalue weighted by atomic mass is 79.9. The van der Waals surface area contributed by atoms with Crippen molar-refractivity contribution in [3.8, 4) is 11.6 Å². The van der Waals surface area contributed by atoms with Gasteiger partial charge in [0.2, 0.25) is 0 Å². The maximum Gasteiger partial charge on any atom is 0.197 e. The summed E-state index contributed by atoms with van der Waals surface area (Å²) in [6, 6.07) is 3.75. The maximum absolute atomic E-state index is 5.41. The van der Waals surface area contributed by atoms with Gasteiger partial charge in [-0.3, -0.25) is 0 Å². The van der Waals surface area contributed by atoms with Gasteiger partial charge in [-0.05, 0) is 40.9 Å². The monoisotopic (exact) mass is 321 g/mol. The molecular weight excluding hydrogens is 306 g/mol. The van der Waals surface area contributed by atoms with Crippen molar-refractivity contribution < 1.29 is 4.42 Å².